The topological polar surface area (TPSA) is 128 Å². The number of nitrogens with two attached hydrogens (primary N) is 2. The van der Waals surface area contributed by atoms with E-state index in [1.165, 1.54) is 0 Å². The molecule has 2 aromatic rings. The van der Waals surface area contributed by atoms with Crippen molar-refractivity contribution in [2.24, 2.45) is 5.73 Å². The molecule has 31 heavy (non-hydrogen) atoms. The van der Waals surface area contributed by atoms with Crippen molar-refractivity contribution in [2.75, 3.05) is 32.5 Å². The van der Waals surface area contributed by atoms with Gasteiger partial charge in [-0.1, -0.05) is 12.1 Å². The zero-order valence-electron chi connectivity index (χ0n) is 18.3. The molecule has 2 amide bonds. The van der Waals surface area contributed by atoms with E-state index in [0.717, 1.165) is 38.0 Å². The number of hydrogen-bond donors (Lipinski definition) is 2. The molecule has 9 nitrogen and oxygen atoms in total. The number of ether oxygens (including phenoxy) is 1. The van der Waals surface area contributed by atoms with Crippen molar-refractivity contribution < 1.29 is 14.3 Å². The second kappa shape index (κ2) is 9.74. The predicted octanol–water partition coefficient (Wildman–Crippen LogP) is 1.28. The molecule has 0 saturated carbocycles. The highest BCUT2D eigenvalue weighted by atomic mass is 16.5. The van der Waals surface area contributed by atoms with E-state index in [9.17, 15) is 9.59 Å². The van der Waals surface area contributed by atoms with Gasteiger partial charge in [-0.25, -0.2) is 0 Å². The van der Waals surface area contributed by atoms with Crippen molar-refractivity contribution >= 4 is 17.5 Å². The van der Waals surface area contributed by atoms with Crippen molar-refractivity contribution in [1.29, 1.82) is 0 Å². The van der Waals surface area contributed by atoms with Crippen LogP contribution in [-0.2, 0) is 11.3 Å². The summed E-state index contributed by atoms with van der Waals surface area (Å²) >= 11 is 0. The average Bonchev–Trinajstić information content (AvgIpc) is 2.76. The van der Waals surface area contributed by atoms with Crippen LogP contribution < -0.4 is 16.2 Å². The summed E-state index contributed by atoms with van der Waals surface area (Å²) in [5.41, 5.74) is 14.6. The molecule has 0 radical (unpaired) electrons. The molecule has 9 heteroatoms. The Morgan fingerprint density at radius 1 is 1.13 bits per heavy atom. The molecule has 0 unspecified atom stereocenters. The van der Waals surface area contributed by atoms with E-state index >= 15 is 0 Å². The van der Waals surface area contributed by atoms with Crippen LogP contribution in [0.4, 0.5) is 5.69 Å². The Morgan fingerprint density at radius 3 is 2.26 bits per heavy atom. The number of nitrogen functional groups attached to an aromatic ring is 1. The first-order chi connectivity index (χ1) is 14.7. The van der Waals surface area contributed by atoms with Gasteiger partial charge < -0.3 is 21.1 Å². The maximum Gasteiger partial charge on any atom is 0.317 e. The normalized spacial score (nSPS) is 14.9. The molecular weight excluding hydrogens is 396 g/mol. The number of piperidine rings is 1. The van der Waals surface area contributed by atoms with Gasteiger partial charge in [-0.3, -0.25) is 14.5 Å². The zero-order chi connectivity index (χ0) is 22.5. The van der Waals surface area contributed by atoms with E-state index in [-0.39, 0.29) is 24.6 Å². The van der Waals surface area contributed by atoms with Crippen molar-refractivity contribution in [3.8, 4) is 6.01 Å². The summed E-state index contributed by atoms with van der Waals surface area (Å²) in [6.45, 7) is 6.04. The number of likely N-dealkylation sites (tertiary alicyclic amines) is 1. The van der Waals surface area contributed by atoms with Gasteiger partial charge in [0, 0.05) is 38.3 Å². The van der Waals surface area contributed by atoms with Gasteiger partial charge in [0.1, 0.15) is 0 Å². The average molecular weight is 427 g/mol. The summed E-state index contributed by atoms with van der Waals surface area (Å²) < 4.78 is 5.51. The Balaban J connectivity index is 1.46. The molecular formula is C22H30N6O3. The third kappa shape index (κ3) is 5.69. The molecule has 0 bridgehead atoms. The second-order valence-corrected chi connectivity index (χ2v) is 7.95. The third-order valence-electron chi connectivity index (χ3n) is 5.77. The van der Waals surface area contributed by atoms with Crippen LogP contribution in [0, 0.1) is 13.8 Å². The fourth-order valence-corrected chi connectivity index (χ4v) is 3.69. The number of aryl methyl sites for hydroxylation is 2. The number of primary amides is 1. The van der Waals surface area contributed by atoms with Crippen molar-refractivity contribution in [3.05, 3.63) is 46.8 Å². The standard InChI is InChI=1S/C22H30N6O3/c1-14-20(23)15(2)26-22(25-14)31-13-19(29)27(3)18-8-10-28(11-9-18)12-16-4-6-17(7-5-16)21(24)30/h4-7,18H,8-13,23H2,1-3H3,(H2,24,30). The maximum absolute atomic E-state index is 12.6. The van der Waals surface area contributed by atoms with Crippen LogP contribution in [0.5, 0.6) is 6.01 Å². The molecule has 1 aromatic heterocycles. The molecule has 1 aliphatic heterocycles. The number of rotatable bonds is 7. The minimum Gasteiger partial charge on any atom is -0.453 e. The maximum atomic E-state index is 12.6. The van der Waals surface area contributed by atoms with Gasteiger partial charge in [-0.2, -0.15) is 9.97 Å². The molecule has 1 fully saturated rings. The first kappa shape index (κ1) is 22.5. The number of carbonyl (C=O) groups excluding carboxylic acids is 2. The fourth-order valence-electron chi connectivity index (χ4n) is 3.69. The molecule has 4 N–H and O–H groups in total. The lowest BCUT2D eigenvalue weighted by Gasteiger charge is -2.36. The minimum atomic E-state index is -0.419. The van der Waals surface area contributed by atoms with Gasteiger partial charge in [-0.15, -0.1) is 0 Å². The van der Waals surface area contributed by atoms with Gasteiger partial charge in [0.25, 0.3) is 5.91 Å². The van der Waals surface area contributed by atoms with E-state index in [4.69, 9.17) is 16.2 Å². The Kier molecular flexibility index (Phi) is 7.06. The lowest BCUT2D eigenvalue weighted by Crippen LogP contribution is -2.46. The van der Waals surface area contributed by atoms with Crippen LogP contribution in [0.2, 0.25) is 0 Å². The zero-order valence-corrected chi connectivity index (χ0v) is 18.3. The van der Waals surface area contributed by atoms with Gasteiger partial charge >= 0.3 is 6.01 Å². The van der Waals surface area contributed by atoms with Crippen molar-refractivity contribution in [1.82, 2.24) is 19.8 Å². The Labute approximate surface area is 182 Å². The number of carbonyl (C=O) groups is 2. The van der Waals surface area contributed by atoms with Crippen LogP contribution in [0.15, 0.2) is 24.3 Å². The number of benzene rings is 1. The van der Waals surface area contributed by atoms with E-state index in [0.29, 0.717) is 22.6 Å². The third-order valence-corrected chi connectivity index (χ3v) is 5.77. The Morgan fingerprint density at radius 2 is 1.71 bits per heavy atom. The molecule has 1 aliphatic rings. The Hall–Kier alpha value is -3.20. The van der Waals surface area contributed by atoms with E-state index in [1.807, 2.05) is 19.2 Å². The molecule has 0 spiro atoms. The van der Waals surface area contributed by atoms with Crippen molar-refractivity contribution in [2.45, 2.75) is 39.3 Å². The van der Waals surface area contributed by atoms with Gasteiger partial charge in [-0.05, 0) is 44.4 Å². The molecule has 0 aliphatic carbocycles. The molecule has 0 atom stereocenters. The van der Waals surface area contributed by atoms with Crippen LogP contribution >= 0.6 is 0 Å². The lowest BCUT2D eigenvalue weighted by atomic mass is 10.0. The number of hydrogen-bond acceptors (Lipinski definition) is 7. The van der Waals surface area contributed by atoms with E-state index in [2.05, 4.69) is 14.9 Å². The Bertz CT molecular complexity index is 916. The largest absolute Gasteiger partial charge is 0.453 e. The summed E-state index contributed by atoms with van der Waals surface area (Å²) in [6, 6.07) is 7.71. The quantitative estimate of drug-likeness (QED) is 0.682. The van der Waals surface area contributed by atoms with Crippen LogP contribution in [-0.4, -0.2) is 64.4 Å². The molecule has 2 heterocycles. The summed E-state index contributed by atoms with van der Waals surface area (Å²) in [5.74, 6) is -0.520. The molecule has 1 saturated heterocycles. The minimum absolute atomic E-state index is 0.101. The molecule has 1 aromatic carbocycles. The smallest absolute Gasteiger partial charge is 0.317 e. The number of amides is 2. The van der Waals surface area contributed by atoms with E-state index < -0.39 is 5.91 Å². The van der Waals surface area contributed by atoms with Crippen molar-refractivity contribution in [3.63, 3.8) is 0 Å². The molecule has 166 valence electrons. The van der Waals surface area contributed by atoms with Gasteiger partial charge in [0.2, 0.25) is 5.91 Å². The highest BCUT2D eigenvalue weighted by Crippen LogP contribution is 2.19. The monoisotopic (exact) mass is 426 g/mol. The summed E-state index contributed by atoms with van der Waals surface area (Å²) in [6.07, 6.45) is 1.77. The number of likely N-dealkylation sites (N-methyl/N-ethyl adjacent to an activating group) is 1. The van der Waals surface area contributed by atoms with Crippen LogP contribution in [0.1, 0.15) is 40.2 Å². The van der Waals surface area contributed by atoms with Gasteiger partial charge in [0.05, 0.1) is 17.1 Å². The summed E-state index contributed by atoms with van der Waals surface area (Å²) in [4.78, 5) is 36.2. The number of anilines is 1. The first-order valence-electron chi connectivity index (χ1n) is 10.3. The summed E-state index contributed by atoms with van der Waals surface area (Å²) in [7, 11) is 1.81. The highest BCUT2D eigenvalue weighted by Gasteiger charge is 2.26. The summed E-state index contributed by atoms with van der Waals surface area (Å²) in [5, 5.41) is 0. The molecule has 3 rings (SSSR count). The second-order valence-electron chi connectivity index (χ2n) is 7.95. The van der Waals surface area contributed by atoms with Crippen LogP contribution in [0.25, 0.3) is 0 Å². The fraction of sp³-hybridized carbons (Fsp3) is 0.455. The lowest BCUT2D eigenvalue weighted by molar-refractivity contribution is -0.135. The SMILES string of the molecule is Cc1nc(OCC(=O)N(C)C2CCN(Cc3ccc(C(N)=O)cc3)CC2)nc(C)c1N. The van der Waals surface area contributed by atoms with Gasteiger partial charge in [0.15, 0.2) is 6.61 Å². The first-order valence-corrected chi connectivity index (χ1v) is 10.3. The predicted molar refractivity (Wildman–Crippen MR) is 117 cm³/mol. The number of aromatic nitrogens is 2. The van der Waals surface area contributed by atoms with Crippen LogP contribution in [0.3, 0.4) is 0 Å². The highest BCUT2D eigenvalue weighted by molar-refractivity contribution is 5.92. The van der Waals surface area contributed by atoms with E-state index in [1.54, 1.807) is 30.9 Å². The number of nitrogens with zero attached hydrogens (tertiary/aromatic N) is 4.